The summed E-state index contributed by atoms with van der Waals surface area (Å²) in [7, 11) is 0. The van der Waals surface area contributed by atoms with Gasteiger partial charge in [-0.2, -0.15) is 0 Å². The summed E-state index contributed by atoms with van der Waals surface area (Å²) in [6.45, 7) is 11.0. The molecule has 0 N–H and O–H groups in total. The zero-order valence-electron chi connectivity index (χ0n) is 17.1. The minimum Gasteiger partial charge on any atom is -0.444 e. The average Bonchev–Trinajstić information content (AvgIpc) is 2.68. The van der Waals surface area contributed by atoms with E-state index in [0.29, 0.717) is 32.6 Å². The summed E-state index contributed by atoms with van der Waals surface area (Å²) in [4.78, 5) is 30.6. The van der Waals surface area contributed by atoms with Gasteiger partial charge in [-0.05, 0) is 38.5 Å². The van der Waals surface area contributed by atoms with Gasteiger partial charge < -0.3 is 24.2 Å². The van der Waals surface area contributed by atoms with E-state index in [-0.39, 0.29) is 12.0 Å². The summed E-state index contributed by atoms with van der Waals surface area (Å²) < 4.78 is 10.8. The first-order valence-electron chi connectivity index (χ1n) is 9.99. The number of anilines is 1. The minimum atomic E-state index is -0.503. The van der Waals surface area contributed by atoms with Gasteiger partial charge in [-0.3, -0.25) is 4.79 Å². The fourth-order valence-corrected chi connectivity index (χ4v) is 3.40. The second-order valence-corrected chi connectivity index (χ2v) is 8.29. The predicted octanol–water partition coefficient (Wildman–Crippen LogP) is 2.14. The average molecular weight is 389 g/mol. The molecule has 2 amide bonds. The molecule has 0 radical (unpaired) electrons. The van der Waals surface area contributed by atoms with Crippen LogP contribution in [0.4, 0.5) is 10.5 Å². The van der Waals surface area contributed by atoms with Crippen LogP contribution >= 0.6 is 0 Å². The fraction of sp³-hybridized carbons (Fsp3) is 0.619. The zero-order chi connectivity index (χ0) is 20.1. The van der Waals surface area contributed by atoms with E-state index in [1.807, 2.05) is 37.8 Å². The largest absolute Gasteiger partial charge is 0.444 e. The Balaban J connectivity index is 1.47. The van der Waals surface area contributed by atoms with Gasteiger partial charge in [-0.25, -0.2) is 4.79 Å². The van der Waals surface area contributed by atoms with Crippen LogP contribution in [0, 0.1) is 0 Å². The third-order valence-electron chi connectivity index (χ3n) is 4.95. The van der Waals surface area contributed by atoms with Crippen LogP contribution in [0.3, 0.4) is 0 Å². The molecular formula is C21H31N3O4. The number of benzene rings is 1. The number of morpholine rings is 1. The molecule has 0 spiro atoms. The van der Waals surface area contributed by atoms with E-state index in [0.717, 1.165) is 31.9 Å². The fourth-order valence-electron chi connectivity index (χ4n) is 3.40. The lowest BCUT2D eigenvalue weighted by Crippen LogP contribution is -2.52. The summed E-state index contributed by atoms with van der Waals surface area (Å²) in [5.41, 5.74) is 1.68. The number of hydrogen-bond donors (Lipinski definition) is 0. The number of nitrogens with zero attached hydrogens (tertiary/aromatic N) is 3. The van der Waals surface area contributed by atoms with Gasteiger partial charge in [0.05, 0.1) is 19.6 Å². The van der Waals surface area contributed by atoms with Gasteiger partial charge in [-0.1, -0.05) is 12.1 Å². The normalized spacial score (nSPS) is 18.2. The molecule has 2 fully saturated rings. The summed E-state index contributed by atoms with van der Waals surface area (Å²) in [5.74, 6) is 0.1000. The monoisotopic (exact) mass is 389 g/mol. The highest BCUT2D eigenvalue weighted by atomic mass is 16.6. The van der Waals surface area contributed by atoms with Gasteiger partial charge in [0, 0.05) is 45.0 Å². The number of ether oxygens (including phenoxy) is 2. The second kappa shape index (κ2) is 8.82. The number of carbonyl (C=O) groups excluding carboxylic acids is 2. The lowest BCUT2D eigenvalue weighted by atomic mass is 10.1. The molecule has 0 aromatic heterocycles. The molecule has 0 aliphatic carbocycles. The highest BCUT2D eigenvalue weighted by molar-refractivity contribution is 5.79. The Kier molecular flexibility index (Phi) is 6.44. The first-order chi connectivity index (χ1) is 13.3. The molecule has 2 saturated heterocycles. The Hall–Kier alpha value is -2.28. The molecule has 1 aromatic rings. The van der Waals surface area contributed by atoms with Gasteiger partial charge in [0.2, 0.25) is 5.91 Å². The first-order valence-corrected chi connectivity index (χ1v) is 9.99. The molecule has 3 rings (SSSR count). The van der Waals surface area contributed by atoms with Crippen LogP contribution in [0.25, 0.3) is 0 Å². The van der Waals surface area contributed by atoms with Crippen molar-refractivity contribution in [3.63, 3.8) is 0 Å². The summed E-state index contributed by atoms with van der Waals surface area (Å²) in [6.07, 6.45) is 0.0776. The van der Waals surface area contributed by atoms with Crippen molar-refractivity contribution in [3.05, 3.63) is 29.8 Å². The van der Waals surface area contributed by atoms with E-state index in [1.165, 1.54) is 5.69 Å². The molecule has 2 aliphatic rings. The molecule has 7 heteroatoms. The highest BCUT2D eigenvalue weighted by Crippen LogP contribution is 2.18. The van der Waals surface area contributed by atoms with Crippen LogP contribution in [0.15, 0.2) is 24.3 Å². The van der Waals surface area contributed by atoms with Gasteiger partial charge >= 0.3 is 6.09 Å². The smallest absolute Gasteiger partial charge is 0.410 e. The summed E-state index contributed by atoms with van der Waals surface area (Å²) in [6, 6.07) is 8.21. The predicted molar refractivity (Wildman–Crippen MR) is 108 cm³/mol. The molecule has 0 atom stereocenters. The highest BCUT2D eigenvalue weighted by Gasteiger charge is 2.27. The van der Waals surface area contributed by atoms with Gasteiger partial charge in [-0.15, -0.1) is 0 Å². The standard InChI is InChI=1S/C21H31N3O4/c1-21(2,3)28-20(26)24-10-8-23(9-11-24)19(25)16-17-4-6-18(7-5-17)22-12-14-27-15-13-22/h4-7H,8-16H2,1-3H3. The third kappa shape index (κ3) is 5.61. The van der Waals surface area contributed by atoms with Crippen LogP contribution in [-0.4, -0.2) is 79.9 Å². The Morgan fingerprint density at radius 2 is 1.50 bits per heavy atom. The number of piperazine rings is 1. The van der Waals surface area contributed by atoms with E-state index in [4.69, 9.17) is 9.47 Å². The third-order valence-corrected chi connectivity index (χ3v) is 4.95. The first kappa shape index (κ1) is 20.5. The van der Waals surface area contributed by atoms with Gasteiger partial charge in [0.25, 0.3) is 0 Å². The van der Waals surface area contributed by atoms with Crippen molar-refractivity contribution in [2.24, 2.45) is 0 Å². The van der Waals surface area contributed by atoms with Crippen molar-refractivity contribution in [2.75, 3.05) is 57.4 Å². The number of rotatable bonds is 3. The van der Waals surface area contributed by atoms with Gasteiger partial charge in [0.1, 0.15) is 5.60 Å². The van der Waals surface area contributed by atoms with E-state index in [1.54, 1.807) is 4.90 Å². The zero-order valence-corrected chi connectivity index (χ0v) is 17.1. The van der Waals surface area contributed by atoms with Crippen LogP contribution in [0.1, 0.15) is 26.3 Å². The maximum atomic E-state index is 12.6. The number of carbonyl (C=O) groups is 2. The molecule has 0 unspecified atom stereocenters. The molecule has 2 heterocycles. The second-order valence-electron chi connectivity index (χ2n) is 8.29. The molecular weight excluding hydrogens is 358 g/mol. The summed E-state index contributed by atoms with van der Waals surface area (Å²) in [5, 5.41) is 0. The van der Waals surface area contributed by atoms with E-state index in [9.17, 15) is 9.59 Å². The lowest BCUT2D eigenvalue weighted by molar-refractivity contribution is -0.132. The number of hydrogen-bond acceptors (Lipinski definition) is 5. The van der Waals surface area contributed by atoms with Crippen molar-refractivity contribution >= 4 is 17.7 Å². The molecule has 7 nitrogen and oxygen atoms in total. The molecule has 1 aromatic carbocycles. The number of amides is 2. The molecule has 0 saturated carbocycles. The molecule has 0 bridgehead atoms. The maximum absolute atomic E-state index is 12.6. The van der Waals surface area contributed by atoms with E-state index < -0.39 is 5.60 Å². The quantitative estimate of drug-likeness (QED) is 0.793. The van der Waals surface area contributed by atoms with Crippen molar-refractivity contribution in [2.45, 2.75) is 32.8 Å². The SMILES string of the molecule is CC(C)(C)OC(=O)N1CCN(C(=O)Cc2ccc(N3CCOCC3)cc2)CC1. The molecule has 154 valence electrons. The van der Waals surface area contributed by atoms with Crippen LogP contribution in [-0.2, 0) is 20.7 Å². The van der Waals surface area contributed by atoms with Crippen molar-refractivity contribution in [3.8, 4) is 0 Å². The Bertz CT molecular complexity index is 670. The van der Waals surface area contributed by atoms with E-state index >= 15 is 0 Å². The van der Waals surface area contributed by atoms with Crippen LogP contribution < -0.4 is 4.90 Å². The Labute approximate surface area is 167 Å². The van der Waals surface area contributed by atoms with Crippen molar-refractivity contribution in [1.82, 2.24) is 9.80 Å². The lowest BCUT2D eigenvalue weighted by Gasteiger charge is -2.35. The van der Waals surface area contributed by atoms with Gasteiger partial charge in [0.15, 0.2) is 0 Å². The summed E-state index contributed by atoms with van der Waals surface area (Å²) >= 11 is 0. The molecule has 28 heavy (non-hydrogen) atoms. The van der Waals surface area contributed by atoms with Crippen LogP contribution in [0.5, 0.6) is 0 Å². The van der Waals surface area contributed by atoms with Crippen LogP contribution in [0.2, 0.25) is 0 Å². The van der Waals surface area contributed by atoms with Crippen molar-refractivity contribution in [1.29, 1.82) is 0 Å². The Morgan fingerprint density at radius 3 is 2.07 bits per heavy atom. The minimum absolute atomic E-state index is 0.1000. The topological polar surface area (TPSA) is 62.3 Å². The molecule has 2 aliphatic heterocycles. The van der Waals surface area contributed by atoms with E-state index in [2.05, 4.69) is 17.0 Å². The maximum Gasteiger partial charge on any atom is 0.410 e. The van der Waals surface area contributed by atoms with Crippen molar-refractivity contribution < 1.29 is 19.1 Å². The Morgan fingerprint density at radius 1 is 0.929 bits per heavy atom.